The van der Waals surface area contributed by atoms with E-state index < -0.39 is 0 Å². The molecule has 1 aliphatic rings. The SMILES string of the molecule is CCCc1[nH]c2ccc(C(=O)NC3CCN(Cc4ccncc4)CC3)cc2c1CC. The highest BCUT2D eigenvalue weighted by Gasteiger charge is 2.21. The third kappa shape index (κ3) is 4.57. The van der Waals surface area contributed by atoms with E-state index in [2.05, 4.69) is 58.3 Å². The van der Waals surface area contributed by atoms with Crippen LogP contribution in [-0.2, 0) is 19.4 Å². The highest BCUT2D eigenvalue weighted by atomic mass is 16.1. The van der Waals surface area contributed by atoms with Gasteiger partial charge < -0.3 is 10.3 Å². The number of aromatic amines is 1. The molecule has 1 aliphatic heterocycles. The molecule has 4 rings (SSSR count). The zero-order valence-corrected chi connectivity index (χ0v) is 18.1. The highest BCUT2D eigenvalue weighted by molar-refractivity contribution is 5.99. The monoisotopic (exact) mass is 404 g/mol. The van der Waals surface area contributed by atoms with Gasteiger partial charge in [0.25, 0.3) is 5.91 Å². The number of H-pyrrole nitrogens is 1. The van der Waals surface area contributed by atoms with Gasteiger partial charge in [-0.25, -0.2) is 0 Å². The summed E-state index contributed by atoms with van der Waals surface area (Å²) in [5.41, 5.74) is 5.86. The first-order valence-corrected chi connectivity index (χ1v) is 11.2. The van der Waals surface area contributed by atoms with Crippen LogP contribution in [0.3, 0.4) is 0 Å². The molecular formula is C25H32N4O. The summed E-state index contributed by atoms with van der Waals surface area (Å²) in [5.74, 6) is 0.0461. The molecule has 5 nitrogen and oxygen atoms in total. The summed E-state index contributed by atoms with van der Waals surface area (Å²) < 4.78 is 0. The number of aryl methyl sites for hydroxylation is 2. The van der Waals surface area contributed by atoms with Crippen LogP contribution in [0.15, 0.2) is 42.7 Å². The molecule has 0 atom stereocenters. The molecule has 1 fully saturated rings. The Labute approximate surface area is 178 Å². The van der Waals surface area contributed by atoms with E-state index in [1.807, 2.05) is 18.5 Å². The number of nitrogens with zero attached hydrogens (tertiary/aromatic N) is 2. The van der Waals surface area contributed by atoms with Gasteiger partial charge in [-0.1, -0.05) is 20.3 Å². The number of carbonyl (C=O) groups is 1. The molecule has 0 saturated carbocycles. The molecule has 0 unspecified atom stereocenters. The second-order valence-electron chi connectivity index (χ2n) is 8.33. The molecule has 5 heteroatoms. The number of amides is 1. The van der Waals surface area contributed by atoms with Gasteiger partial charge in [0.05, 0.1) is 0 Å². The Hall–Kier alpha value is -2.66. The number of piperidine rings is 1. The molecule has 2 N–H and O–H groups in total. The van der Waals surface area contributed by atoms with Crippen LogP contribution in [0, 0.1) is 0 Å². The molecule has 0 spiro atoms. The second-order valence-corrected chi connectivity index (χ2v) is 8.33. The number of aromatic nitrogens is 2. The Kier molecular flexibility index (Phi) is 6.48. The molecule has 3 aromatic rings. The van der Waals surface area contributed by atoms with Gasteiger partial charge in [-0.2, -0.15) is 0 Å². The fourth-order valence-electron chi connectivity index (χ4n) is 4.56. The number of rotatable bonds is 7. The van der Waals surface area contributed by atoms with Crippen LogP contribution in [0.2, 0.25) is 0 Å². The lowest BCUT2D eigenvalue weighted by molar-refractivity contribution is 0.0909. The van der Waals surface area contributed by atoms with Gasteiger partial charge in [-0.05, 0) is 67.1 Å². The van der Waals surface area contributed by atoms with Crippen molar-refractivity contribution in [1.29, 1.82) is 0 Å². The van der Waals surface area contributed by atoms with Crippen LogP contribution < -0.4 is 5.32 Å². The number of pyridine rings is 1. The topological polar surface area (TPSA) is 61.0 Å². The zero-order chi connectivity index (χ0) is 20.9. The van der Waals surface area contributed by atoms with E-state index in [0.29, 0.717) is 0 Å². The third-order valence-corrected chi connectivity index (χ3v) is 6.19. The first-order valence-electron chi connectivity index (χ1n) is 11.2. The number of fused-ring (bicyclic) bond motifs is 1. The van der Waals surface area contributed by atoms with Crippen LogP contribution in [0.5, 0.6) is 0 Å². The molecule has 2 aromatic heterocycles. The summed E-state index contributed by atoms with van der Waals surface area (Å²) in [6, 6.07) is 10.5. The average Bonchev–Trinajstić information content (AvgIpc) is 3.12. The average molecular weight is 405 g/mol. The van der Waals surface area contributed by atoms with Crippen LogP contribution in [-0.4, -0.2) is 39.9 Å². The summed E-state index contributed by atoms with van der Waals surface area (Å²) >= 11 is 0. The normalized spacial score (nSPS) is 15.5. The predicted octanol–water partition coefficient (Wildman–Crippen LogP) is 4.47. The van der Waals surface area contributed by atoms with Crippen molar-refractivity contribution in [1.82, 2.24) is 20.2 Å². The van der Waals surface area contributed by atoms with Crippen molar-refractivity contribution in [3.05, 3.63) is 65.1 Å². The second kappa shape index (κ2) is 9.43. The van der Waals surface area contributed by atoms with Crippen LogP contribution in [0.1, 0.15) is 60.3 Å². The Balaban J connectivity index is 1.37. The molecule has 0 aliphatic carbocycles. The fourth-order valence-corrected chi connectivity index (χ4v) is 4.56. The standard InChI is InChI=1S/C25H32N4O/c1-3-5-23-21(4-2)22-16-19(6-7-24(22)28-23)25(30)27-20-10-14-29(15-11-20)17-18-8-12-26-13-9-18/h6-9,12-13,16,20,28H,3-5,10-11,14-15,17H2,1-2H3,(H,27,30). The van der Waals surface area contributed by atoms with Crippen molar-refractivity contribution >= 4 is 16.8 Å². The maximum Gasteiger partial charge on any atom is 0.251 e. The molecule has 0 radical (unpaired) electrons. The minimum atomic E-state index is 0.0461. The highest BCUT2D eigenvalue weighted by Crippen LogP contribution is 2.25. The number of hydrogen-bond donors (Lipinski definition) is 2. The molecule has 3 heterocycles. The van der Waals surface area contributed by atoms with Crippen LogP contribution in [0.4, 0.5) is 0 Å². The van der Waals surface area contributed by atoms with Crippen molar-refractivity contribution < 1.29 is 4.79 Å². The lowest BCUT2D eigenvalue weighted by Crippen LogP contribution is -2.44. The number of nitrogens with one attached hydrogen (secondary N) is 2. The minimum absolute atomic E-state index is 0.0461. The summed E-state index contributed by atoms with van der Waals surface area (Å²) in [7, 11) is 0. The van der Waals surface area contributed by atoms with Gasteiger partial charge in [0.1, 0.15) is 0 Å². The molecule has 30 heavy (non-hydrogen) atoms. The Morgan fingerprint density at radius 2 is 1.93 bits per heavy atom. The van der Waals surface area contributed by atoms with Gasteiger partial charge in [-0.3, -0.25) is 14.7 Å². The van der Waals surface area contributed by atoms with Gasteiger partial charge in [-0.15, -0.1) is 0 Å². The van der Waals surface area contributed by atoms with Crippen molar-refractivity contribution in [2.75, 3.05) is 13.1 Å². The number of hydrogen-bond acceptors (Lipinski definition) is 3. The molecule has 1 amide bonds. The summed E-state index contributed by atoms with van der Waals surface area (Å²) in [5, 5.41) is 4.46. The van der Waals surface area contributed by atoms with Crippen LogP contribution in [0.25, 0.3) is 10.9 Å². The lowest BCUT2D eigenvalue weighted by atomic mass is 10.0. The first-order chi connectivity index (χ1) is 14.7. The first kappa shape index (κ1) is 20.6. The maximum absolute atomic E-state index is 12.9. The maximum atomic E-state index is 12.9. The molecular weight excluding hydrogens is 372 g/mol. The van der Waals surface area contributed by atoms with Gasteiger partial charge in [0, 0.05) is 60.2 Å². The van der Waals surface area contributed by atoms with Crippen molar-refractivity contribution in [2.45, 2.75) is 58.5 Å². The van der Waals surface area contributed by atoms with Gasteiger partial charge in [0.2, 0.25) is 0 Å². The fraction of sp³-hybridized carbons (Fsp3) is 0.440. The summed E-state index contributed by atoms with van der Waals surface area (Å²) in [6.07, 6.45) is 8.83. The van der Waals surface area contributed by atoms with E-state index >= 15 is 0 Å². The van der Waals surface area contributed by atoms with Crippen molar-refractivity contribution in [3.63, 3.8) is 0 Å². The molecule has 1 aromatic carbocycles. The van der Waals surface area contributed by atoms with Crippen LogP contribution >= 0.6 is 0 Å². The minimum Gasteiger partial charge on any atom is -0.358 e. The summed E-state index contributed by atoms with van der Waals surface area (Å²) in [4.78, 5) is 23.0. The Morgan fingerprint density at radius 3 is 2.63 bits per heavy atom. The van der Waals surface area contributed by atoms with Gasteiger partial charge >= 0.3 is 0 Å². The smallest absolute Gasteiger partial charge is 0.251 e. The third-order valence-electron chi connectivity index (χ3n) is 6.19. The van der Waals surface area contributed by atoms with E-state index in [-0.39, 0.29) is 11.9 Å². The number of carbonyl (C=O) groups excluding carboxylic acids is 1. The molecule has 0 bridgehead atoms. The van der Waals surface area contributed by atoms with Gasteiger partial charge in [0.15, 0.2) is 0 Å². The number of likely N-dealkylation sites (tertiary alicyclic amines) is 1. The van der Waals surface area contributed by atoms with Crippen molar-refractivity contribution in [3.8, 4) is 0 Å². The number of benzene rings is 1. The zero-order valence-electron chi connectivity index (χ0n) is 18.1. The Bertz CT molecular complexity index is 987. The van der Waals surface area contributed by atoms with E-state index in [0.717, 1.165) is 62.8 Å². The quantitative estimate of drug-likeness (QED) is 0.611. The molecule has 1 saturated heterocycles. The van der Waals surface area contributed by atoms with Crippen molar-refractivity contribution in [2.24, 2.45) is 0 Å². The Morgan fingerprint density at radius 1 is 1.17 bits per heavy atom. The van der Waals surface area contributed by atoms with E-state index in [1.54, 1.807) is 0 Å². The lowest BCUT2D eigenvalue weighted by Gasteiger charge is -2.32. The molecule has 158 valence electrons. The largest absolute Gasteiger partial charge is 0.358 e. The summed E-state index contributed by atoms with van der Waals surface area (Å²) in [6.45, 7) is 7.35. The van der Waals surface area contributed by atoms with E-state index in [9.17, 15) is 4.79 Å². The van der Waals surface area contributed by atoms with E-state index in [4.69, 9.17) is 0 Å². The van der Waals surface area contributed by atoms with E-state index in [1.165, 1.54) is 22.2 Å². The predicted molar refractivity (Wildman–Crippen MR) is 122 cm³/mol.